The number of ether oxygens (including phenoxy) is 1. The molecule has 4 heteroatoms. The van der Waals surface area contributed by atoms with Crippen molar-refractivity contribution in [3.8, 4) is 11.8 Å². The first-order valence-electron chi connectivity index (χ1n) is 8.29. The number of amides is 1. The second kappa shape index (κ2) is 8.38. The second-order valence-electron chi connectivity index (χ2n) is 6.01. The van der Waals surface area contributed by atoms with Gasteiger partial charge in [-0.3, -0.25) is 4.79 Å². The molecular weight excluding hydrogens is 288 g/mol. The molecule has 1 fully saturated rings. The maximum absolute atomic E-state index is 12.3. The lowest BCUT2D eigenvalue weighted by atomic mass is 9.86. The first-order chi connectivity index (χ1) is 11.1. The van der Waals surface area contributed by atoms with Gasteiger partial charge in [0.25, 0.3) is 5.91 Å². The fourth-order valence-corrected chi connectivity index (χ4v) is 2.92. The van der Waals surface area contributed by atoms with E-state index >= 15 is 0 Å². The Morgan fingerprint density at radius 3 is 2.65 bits per heavy atom. The van der Waals surface area contributed by atoms with Crippen molar-refractivity contribution >= 4 is 12.0 Å². The molecule has 0 spiro atoms. The van der Waals surface area contributed by atoms with Gasteiger partial charge in [-0.1, -0.05) is 31.9 Å². The summed E-state index contributed by atoms with van der Waals surface area (Å²) in [5, 5.41) is 12.3. The summed E-state index contributed by atoms with van der Waals surface area (Å²) >= 11 is 0. The molecule has 1 N–H and O–H groups in total. The Kier molecular flexibility index (Phi) is 6.22. The lowest BCUT2D eigenvalue weighted by molar-refractivity contribution is -0.118. The van der Waals surface area contributed by atoms with Gasteiger partial charge >= 0.3 is 0 Å². The van der Waals surface area contributed by atoms with E-state index in [2.05, 4.69) is 12.2 Å². The first-order valence-corrected chi connectivity index (χ1v) is 8.29. The lowest BCUT2D eigenvalue weighted by Crippen LogP contribution is -2.41. The minimum absolute atomic E-state index is 0.145. The van der Waals surface area contributed by atoms with Crippen LogP contribution in [0.3, 0.4) is 0 Å². The van der Waals surface area contributed by atoms with Crippen LogP contribution in [0.4, 0.5) is 0 Å². The van der Waals surface area contributed by atoms with Crippen molar-refractivity contribution in [1.29, 1.82) is 5.26 Å². The summed E-state index contributed by atoms with van der Waals surface area (Å²) in [5.74, 6) is 0.974. The van der Waals surface area contributed by atoms with E-state index in [1.165, 1.54) is 6.42 Å². The van der Waals surface area contributed by atoms with Crippen molar-refractivity contribution < 1.29 is 9.53 Å². The number of rotatable bonds is 5. The summed E-state index contributed by atoms with van der Waals surface area (Å²) in [5.41, 5.74) is 0.962. The normalized spacial score (nSPS) is 21.3. The van der Waals surface area contributed by atoms with Crippen LogP contribution in [-0.2, 0) is 4.79 Å². The van der Waals surface area contributed by atoms with Crippen molar-refractivity contribution in [3.05, 3.63) is 35.4 Å². The zero-order valence-electron chi connectivity index (χ0n) is 13.8. The Bertz CT molecular complexity index is 599. The molecule has 1 saturated carbocycles. The number of nitrogens with zero attached hydrogens (tertiary/aromatic N) is 1. The van der Waals surface area contributed by atoms with Crippen molar-refractivity contribution in [2.45, 2.75) is 45.6 Å². The van der Waals surface area contributed by atoms with E-state index in [9.17, 15) is 10.1 Å². The monoisotopic (exact) mass is 312 g/mol. The third kappa shape index (κ3) is 4.85. The average molecular weight is 312 g/mol. The summed E-state index contributed by atoms with van der Waals surface area (Å²) in [4.78, 5) is 12.3. The predicted octanol–water partition coefficient (Wildman–Crippen LogP) is 3.69. The van der Waals surface area contributed by atoms with Gasteiger partial charge < -0.3 is 10.1 Å². The van der Waals surface area contributed by atoms with E-state index in [0.717, 1.165) is 30.6 Å². The molecule has 1 aromatic rings. The predicted molar refractivity (Wildman–Crippen MR) is 90.8 cm³/mol. The molecule has 122 valence electrons. The molecule has 0 heterocycles. The van der Waals surface area contributed by atoms with Crippen LogP contribution < -0.4 is 10.1 Å². The van der Waals surface area contributed by atoms with Crippen LogP contribution in [0.25, 0.3) is 6.08 Å². The molecule has 0 bridgehead atoms. The molecule has 0 saturated heterocycles. The average Bonchev–Trinajstić information content (AvgIpc) is 2.56. The van der Waals surface area contributed by atoms with E-state index in [-0.39, 0.29) is 17.5 Å². The Labute approximate surface area is 138 Å². The number of benzene rings is 1. The molecule has 0 unspecified atom stereocenters. The molecule has 1 aromatic carbocycles. The number of hydrogen-bond acceptors (Lipinski definition) is 3. The van der Waals surface area contributed by atoms with Crippen molar-refractivity contribution in [1.82, 2.24) is 5.32 Å². The molecule has 2 rings (SSSR count). The molecule has 23 heavy (non-hydrogen) atoms. The summed E-state index contributed by atoms with van der Waals surface area (Å²) in [6, 6.07) is 9.56. The van der Waals surface area contributed by atoms with E-state index < -0.39 is 0 Å². The minimum atomic E-state index is -0.278. The highest BCUT2D eigenvalue weighted by Crippen LogP contribution is 2.24. The van der Waals surface area contributed by atoms with Gasteiger partial charge in [0.15, 0.2) is 0 Å². The number of hydrogen-bond donors (Lipinski definition) is 1. The maximum atomic E-state index is 12.3. The number of nitrogens with one attached hydrogen (secondary N) is 1. The van der Waals surface area contributed by atoms with Crippen LogP contribution >= 0.6 is 0 Å². The van der Waals surface area contributed by atoms with Crippen molar-refractivity contribution in [2.24, 2.45) is 5.92 Å². The summed E-state index contributed by atoms with van der Waals surface area (Å²) in [6.07, 6.45) is 6.11. The molecule has 0 radical (unpaired) electrons. The molecule has 0 aromatic heterocycles. The number of carbonyl (C=O) groups is 1. The van der Waals surface area contributed by atoms with Gasteiger partial charge in [0.1, 0.15) is 17.4 Å². The van der Waals surface area contributed by atoms with Crippen LogP contribution in [0.15, 0.2) is 29.8 Å². The zero-order chi connectivity index (χ0) is 16.7. The smallest absolute Gasteiger partial charge is 0.262 e. The van der Waals surface area contributed by atoms with Crippen LogP contribution in [-0.4, -0.2) is 18.6 Å². The van der Waals surface area contributed by atoms with E-state index in [1.807, 2.05) is 37.3 Å². The molecule has 1 amide bonds. The highest BCUT2D eigenvalue weighted by molar-refractivity contribution is 6.01. The standard InChI is InChI=1S/C19H24N2O2/c1-3-23-17-10-8-15(9-11-17)12-16(13-20)19(22)21-18-7-5-4-6-14(18)2/h8-12,14,18H,3-7H2,1-2H3,(H,21,22)/b16-12+/t14-,18-/m0/s1. The fraction of sp³-hybridized carbons (Fsp3) is 0.474. The number of carbonyl (C=O) groups excluding carboxylic acids is 1. The van der Waals surface area contributed by atoms with Gasteiger partial charge in [0, 0.05) is 6.04 Å². The minimum Gasteiger partial charge on any atom is -0.494 e. The van der Waals surface area contributed by atoms with Gasteiger partial charge in [0.05, 0.1) is 6.61 Å². The Morgan fingerprint density at radius 2 is 2.04 bits per heavy atom. The quantitative estimate of drug-likeness (QED) is 0.666. The van der Waals surface area contributed by atoms with Crippen molar-refractivity contribution in [2.75, 3.05) is 6.61 Å². The highest BCUT2D eigenvalue weighted by atomic mass is 16.5. The van der Waals surface area contributed by atoms with E-state index in [4.69, 9.17) is 4.74 Å². The van der Waals surface area contributed by atoms with Gasteiger partial charge in [-0.05, 0) is 49.5 Å². The van der Waals surface area contributed by atoms with Gasteiger partial charge in [-0.2, -0.15) is 5.26 Å². The van der Waals surface area contributed by atoms with Crippen molar-refractivity contribution in [3.63, 3.8) is 0 Å². The topological polar surface area (TPSA) is 62.1 Å². The van der Waals surface area contributed by atoms with Gasteiger partial charge in [-0.25, -0.2) is 0 Å². The van der Waals surface area contributed by atoms with Crippen LogP contribution in [0.5, 0.6) is 5.75 Å². The van der Waals surface area contributed by atoms with Gasteiger partial charge in [0.2, 0.25) is 0 Å². The van der Waals surface area contributed by atoms with Crippen LogP contribution in [0.1, 0.15) is 45.1 Å². The maximum Gasteiger partial charge on any atom is 0.262 e. The summed E-state index contributed by atoms with van der Waals surface area (Å²) in [7, 11) is 0. The third-order valence-corrected chi connectivity index (χ3v) is 4.30. The zero-order valence-corrected chi connectivity index (χ0v) is 13.8. The molecule has 1 aliphatic rings. The molecular formula is C19H24N2O2. The molecule has 1 aliphatic carbocycles. The largest absolute Gasteiger partial charge is 0.494 e. The SMILES string of the molecule is CCOc1ccc(/C=C(\C#N)C(=O)N[C@H]2CCCC[C@@H]2C)cc1. The Morgan fingerprint density at radius 1 is 1.35 bits per heavy atom. The summed E-state index contributed by atoms with van der Waals surface area (Å²) in [6.45, 7) is 4.70. The van der Waals surface area contributed by atoms with Crippen LogP contribution in [0, 0.1) is 17.2 Å². The van der Waals surface area contributed by atoms with E-state index in [1.54, 1.807) is 6.08 Å². The Balaban J connectivity index is 2.05. The third-order valence-electron chi connectivity index (χ3n) is 4.30. The first kappa shape index (κ1) is 17.1. The van der Waals surface area contributed by atoms with E-state index in [0.29, 0.717) is 12.5 Å². The molecule has 4 nitrogen and oxygen atoms in total. The van der Waals surface area contributed by atoms with Gasteiger partial charge in [-0.15, -0.1) is 0 Å². The molecule has 0 aliphatic heterocycles. The number of nitriles is 1. The fourth-order valence-electron chi connectivity index (χ4n) is 2.92. The summed E-state index contributed by atoms with van der Waals surface area (Å²) < 4.78 is 5.39. The highest BCUT2D eigenvalue weighted by Gasteiger charge is 2.23. The van der Waals surface area contributed by atoms with Crippen LogP contribution in [0.2, 0.25) is 0 Å². The molecule has 2 atom stereocenters. The Hall–Kier alpha value is -2.28. The second-order valence-corrected chi connectivity index (χ2v) is 6.01. The lowest BCUT2D eigenvalue weighted by Gasteiger charge is -2.29.